The molecule has 8 heteroatoms. The third-order valence-corrected chi connectivity index (χ3v) is 6.28. The van der Waals surface area contributed by atoms with E-state index < -0.39 is 0 Å². The fourth-order valence-electron chi connectivity index (χ4n) is 3.49. The summed E-state index contributed by atoms with van der Waals surface area (Å²) in [5.74, 6) is -0.00835. The van der Waals surface area contributed by atoms with Crippen LogP contribution >= 0.6 is 23.4 Å². The molecule has 0 atom stereocenters. The lowest BCUT2D eigenvalue weighted by molar-refractivity contribution is -0.121. The van der Waals surface area contributed by atoms with Crippen LogP contribution in [-0.2, 0) is 4.79 Å². The number of anilines is 2. The number of carbonyl (C=O) groups excluding carboxylic acids is 2. The Morgan fingerprint density at radius 2 is 1.90 bits per heavy atom. The standard InChI is InChI=1S/C22H27ClN4O2S/c1-14(2)27-10-8-15(9-11-27)21(28)25-19-6-5-17(30-3)12-18(19)22(29)26-20-7-4-16(23)13-24-20/h4-7,12-15H,8-11H2,1-3H3,(H,25,28)(H,24,26,29). The normalized spacial score (nSPS) is 15.2. The zero-order valence-electron chi connectivity index (χ0n) is 17.4. The molecule has 0 saturated carbocycles. The number of aromatic nitrogens is 1. The second-order valence-electron chi connectivity index (χ2n) is 7.62. The molecule has 1 aromatic heterocycles. The number of amides is 2. The van der Waals surface area contributed by atoms with Gasteiger partial charge in [-0.2, -0.15) is 0 Å². The predicted molar refractivity (Wildman–Crippen MR) is 123 cm³/mol. The average Bonchev–Trinajstić information content (AvgIpc) is 2.75. The SMILES string of the molecule is CSc1ccc(NC(=O)C2CCN(C(C)C)CC2)c(C(=O)Nc2ccc(Cl)cn2)c1. The Hall–Kier alpha value is -2.09. The van der Waals surface area contributed by atoms with Crippen molar-refractivity contribution < 1.29 is 9.59 Å². The number of hydrogen-bond acceptors (Lipinski definition) is 5. The van der Waals surface area contributed by atoms with Crippen LogP contribution in [0.5, 0.6) is 0 Å². The van der Waals surface area contributed by atoms with Crippen LogP contribution in [0.3, 0.4) is 0 Å². The van der Waals surface area contributed by atoms with Gasteiger partial charge in [-0.15, -0.1) is 11.8 Å². The summed E-state index contributed by atoms with van der Waals surface area (Å²) in [4.78, 5) is 33.2. The lowest BCUT2D eigenvalue weighted by atomic mass is 9.95. The number of nitrogens with zero attached hydrogens (tertiary/aromatic N) is 2. The summed E-state index contributed by atoms with van der Waals surface area (Å²) in [6, 6.07) is 9.27. The van der Waals surface area contributed by atoms with Crippen LogP contribution in [0.1, 0.15) is 37.0 Å². The molecule has 1 aliphatic heterocycles. The van der Waals surface area contributed by atoms with Crippen molar-refractivity contribution in [2.45, 2.75) is 37.6 Å². The summed E-state index contributed by atoms with van der Waals surface area (Å²) in [5.41, 5.74) is 0.919. The van der Waals surface area contributed by atoms with Crippen molar-refractivity contribution in [1.82, 2.24) is 9.88 Å². The maximum Gasteiger partial charge on any atom is 0.258 e. The zero-order valence-corrected chi connectivity index (χ0v) is 19.0. The quantitative estimate of drug-likeness (QED) is 0.625. The molecule has 3 rings (SSSR count). The molecule has 1 aliphatic rings. The van der Waals surface area contributed by atoms with E-state index in [0.29, 0.717) is 28.1 Å². The highest BCUT2D eigenvalue weighted by Gasteiger charge is 2.27. The van der Waals surface area contributed by atoms with Crippen molar-refractivity contribution in [2.75, 3.05) is 30.0 Å². The molecule has 2 heterocycles. The molecule has 2 aromatic rings. The molecule has 0 radical (unpaired) electrons. The van der Waals surface area contributed by atoms with Gasteiger partial charge in [0, 0.05) is 23.1 Å². The van der Waals surface area contributed by atoms with Gasteiger partial charge in [-0.3, -0.25) is 9.59 Å². The van der Waals surface area contributed by atoms with Crippen LogP contribution in [-0.4, -0.2) is 47.1 Å². The largest absolute Gasteiger partial charge is 0.325 e. The average molecular weight is 447 g/mol. The first-order valence-electron chi connectivity index (χ1n) is 10.0. The van der Waals surface area contributed by atoms with E-state index in [0.717, 1.165) is 30.8 Å². The van der Waals surface area contributed by atoms with Crippen LogP contribution in [0.25, 0.3) is 0 Å². The number of hydrogen-bond donors (Lipinski definition) is 2. The summed E-state index contributed by atoms with van der Waals surface area (Å²) in [5, 5.41) is 6.25. The zero-order chi connectivity index (χ0) is 21.7. The fraction of sp³-hybridized carbons (Fsp3) is 0.409. The Morgan fingerprint density at radius 3 is 2.50 bits per heavy atom. The molecule has 6 nitrogen and oxygen atoms in total. The molecular formula is C22H27ClN4O2S. The smallest absolute Gasteiger partial charge is 0.258 e. The number of piperidine rings is 1. The van der Waals surface area contributed by atoms with Gasteiger partial charge in [0.05, 0.1) is 16.3 Å². The van der Waals surface area contributed by atoms with Gasteiger partial charge in [-0.05, 0) is 76.4 Å². The van der Waals surface area contributed by atoms with E-state index in [1.807, 2.05) is 12.3 Å². The van der Waals surface area contributed by atoms with Gasteiger partial charge in [0.25, 0.3) is 5.91 Å². The Balaban J connectivity index is 1.73. The van der Waals surface area contributed by atoms with Crippen LogP contribution < -0.4 is 10.6 Å². The lowest BCUT2D eigenvalue weighted by Gasteiger charge is -2.34. The van der Waals surface area contributed by atoms with Crippen LogP contribution in [0.15, 0.2) is 41.4 Å². The molecule has 0 spiro atoms. The first-order chi connectivity index (χ1) is 14.4. The molecule has 160 valence electrons. The highest BCUT2D eigenvalue weighted by molar-refractivity contribution is 7.98. The first kappa shape index (κ1) is 22.6. The molecule has 0 bridgehead atoms. The summed E-state index contributed by atoms with van der Waals surface area (Å²) in [7, 11) is 0. The molecule has 1 saturated heterocycles. The van der Waals surface area contributed by atoms with E-state index >= 15 is 0 Å². The number of nitrogens with one attached hydrogen (secondary N) is 2. The first-order valence-corrected chi connectivity index (χ1v) is 11.6. The van der Waals surface area contributed by atoms with Crippen LogP contribution in [0, 0.1) is 5.92 Å². The van der Waals surface area contributed by atoms with Gasteiger partial charge in [-0.25, -0.2) is 4.98 Å². The van der Waals surface area contributed by atoms with E-state index in [4.69, 9.17) is 11.6 Å². The molecule has 1 fully saturated rings. The van der Waals surface area contributed by atoms with Crippen molar-refractivity contribution in [3.63, 3.8) is 0 Å². The Morgan fingerprint density at radius 1 is 1.17 bits per heavy atom. The maximum absolute atomic E-state index is 12.9. The highest BCUT2D eigenvalue weighted by Crippen LogP contribution is 2.26. The Kier molecular flexibility index (Phi) is 7.75. The van der Waals surface area contributed by atoms with Gasteiger partial charge in [0.1, 0.15) is 5.82 Å². The number of halogens is 1. The molecule has 30 heavy (non-hydrogen) atoms. The number of benzene rings is 1. The summed E-state index contributed by atoms with van der Waals surface area (Å²) in [6.07, 6.45) is 5.06. The van der Waals surface area contributed by atoms with Gasteiger partial charge < -0.3 is 15.5 Å². The molecule has 0 unspecified atom stereocenters. The molecule has 1 aromatic carbocycles. The van der Waals surface area contributed by atoms with Crippen LogP contribution in [0.4, 0.5) is 11.5 Å². The lowest BCUT2D eigenvalue weighted by Crippen LogP contribution is -2.41. The number of pyridine rings is 1. The Bertz CT molecular complexity index is 897. The van der Waals surface area contributed by atoms with Crippen molar-refractivity contribution in [3.8, 4) is 0 Å². The molecular weight excluding hydrogens is 420 g/mol. The van der Waals surface area contributed by atoms with Gasteiger partial charge in [-0.1, -0.05) is 11.6 Å². The minimum atomic E-state index is -0.328. The third-order valence-electron chi connectivity index (χ3n) is 5.33. The van der Waals surface area contributed by atoms with E-state index in [1.165, 1.54) is 18.0 Å². The maximum atomic E-state index is 12.9. The summed E-state index contributed by atoms with van der Waals surface area (Å²) in [6.45, 7) is 6.18. The van der Waals surface area contributed by atoms with Gasteiger partial charge in [0.2, 0.25) is 5.91 Å². The fourth-order valence-corrected chi connectivity index (χ4v) is 4.05. The minimum Gasteiger partial charge on any atom is -0.325 e. The van der Waals surface area contributed by atoms with Gasteiger partial charge in [0.15, 0.2) is 0 Å². The topological polar surface area (TPSA) is 74.3 Å². The van der Waals surface area contributed by atoms with Gasteiger partial charge >= 0.3 is 0 Å². The number of likely N-dealkylation sites (tertiary alicyclic amines) is 1. The van der Waals surface area contributed by atoms with Crippen molar-refractivity contribution in [1.29, 1.82) is 0 Å². The number of carbonyl (C=O) groups is 2. The Labute approximate surface area is 186 Å². The van der Waals surface area contributed by atoms with Crippen molar-refractivity contribution in [2.24, 2.45) is 5.92 Å². The predicted octanol–water partition coefficient (Wildman–Crippen LogP) is 4.77. The number of thioether (sulfide) groups is 1. The second kappa shape index (κ2) is 10.3. The van der Waals surface area contributed by atoms with Crippen molar-refractivity contribution >= 4 is 46.7 Å². The van der Waals surface area contributed by atoms with Crippen LogP contribution in [0.2, 0.25) is 5.02 Å². The summed E-state index contributed by atoms with van der Waals surface area (Å²) >= 11 is 7.39. The minimum absolute atomic E-state index is 0.0334. The van der Waals surface area contributed by atoms with E-state index in [-0.39, 0.29) is 17.7 Å². The summed E-state index contributed by atoms with van der Waals surface area (Å²) < 4.78 is 0. The van der Waals surface area contributed by atoms with E-state index in [2.05, 4.69) is 34.4 Å². The molecule has 0 aliphatic carbocycles. The third kappa shape index (κ3) is 5.74. The highest BCUT2D eigenvalue weighted by atomic mass is 35.5. The second-order valence-corrected chi connectivity index (χ2v) is 8.94. The van der Waals surface area contributed by atoms with E-state index in [9.17, 15) is 9.59 Å². The van der Waals surface area contributed by atoms with E-state index in [1.54, 1.807) is 24.3 Å². The monoisotopic (exact) mass is 446 g/mol. The molecule has 2 amide bonds. The number of rotatable bonds is 6. The van der Waals surface area contributed by atoms with Crippen molar-refractivity contribution in [3.05, 3.63) is 47.1 Å². The molecule has 2 N–H and O–H groups in total.